The molecule has 2 saturated carbocycles. The predicted molar refractivity (Wildman–Crippen MR) is 58.6 cm³/mol. The van der Waals surface area contributed by atoms with Crippen molar-refractivity contribution in [3.05, 3.63) is 0 Å². The van der Waals surface area contributed by atoms with Gasteiger partial charge in [-0.3, -0.25) is 4.79 Å². The van der Waals surface area contributed by atoms with Crippen LogP contribution in [0.25, 0.3) is 0 Å². The average molecular weight is 260 g/mol. The first-order chi connectivity index (χ1) is 7.71. The van der Waals surface area contributed by atoms with Crippen molar-refractivity contribution in [3.63, 3.8) is 0 Å². The molecule has 4 bridgehead atoms. The van der Waals surface area contributed by atoms with Gasteiger partial charge in [0.2, 0.25) is 0 Å². The molecule has 2 aliphatic carbocycles. The number of ketones is 1. The molecule has 0 amide bonds. The molecule has 4 aliphatic rings. The van der Waals surface area contributed by atoms with Crippen LogP contribution < -0.4 is 0 Å². The highest BCUT2D eigenvalue weighted by Crippen LogP contribution is 2.56. The van der Waals surface area contributed by atoms with Crippen molar-refractivity contribution >= 4 is 15.9 Å². The number of hydrogen-bond acceptors (Lipinski definition) is 5. The fourth-order valence-corrected chi connectivity index (χ4v) is 4.54. The summed E-state index contributed by atoms with van der Waals surface area (Å²) in [4.78, 5) is 12.0. The molecule has 17 heavy (non-hydrogen) atoms. The van der Waals surface area contributed by atoms with Crippen LogP contribution in [-0.2, 0) is 23.8 Å². The van der Waals surface area contributed by atoms with Gasteiger partial charge in [0.25, 0.3) is 10.1 Å². The van der Waals surface area contributed by atoms with E-state index in [1.54, 1.807) is 0 Å². The van der Waals surface area contributed by atoms with Crippen LogP contribution in [0.3, 0.4) is 0 Å². The van der Waals surface area contributed by atoms with E-state index in [4.69, 9.17) is 8.92 Å². The smallest absolute Gasteiger partial charge is 0.267 e. The summed E-state index contributed by atoms with van der Waals surface area (Å²) in [5, 5.41) is 0. The molecular weight excluding hydrogens is 244 g/mol. The molecule has 96 valence electrons. The minimum atomic E-state index is -3.57. The highest BCUT2D eigenvalue weighted by Gasteiger charge is 2.62. The van der Waals surface area contributed by atoms with E-state index in [1.165, 1.54) is 0 Å². The SMILES string of the molecule is CC12C[C@@H]3CC(OS(C)(=O)=O)(C[C@H](C1)C3=O)O2. The first-order valence-electron chi connectivity index (χ1n) is 5.85. The third-order valence-corrected chi connectivity index (χ3v) is 4.62. The van der Waals surface area contributed by atoms with Crippen LogP contribution in [0.15, 0.2) is 0 Å². The minimum absolute atomic E-state index is 0.0944. The van der Waals surface area contributed by atoms with Crippen molar-refractivity contribution in [2.75, 3.05) is 6.26 Å². The average Bonchev–Trinajstić information content (AvgIpc) is 2.07. The molecule has 4 fully saturated rings. The van der Waals surface area contributed by atoms with Gasteiger partial charge in [-0.25, -0.2) is 4.18 Å². The van der Waals surface area contributed by atoms with E-state index in [0.717, 1.165) is 6.26 Å². The normalized spacial score (nSPS) is 48.7. The van der Waals surface area contributed by atoms with E-state index < -0.39 is 21.5 Å². The van der Waals surface area contributed by atoms with Crippen molar-refractivity contribution < 1.29 is 22.1 Å². The second-order valence-electron chi connectivity index (χ2n) is 5.86. The van der Waals surface area contributed by atoms with Gasteiger partial charge < -0.3 is 4.74 Å². The maximum Gasteiger partial charge on any atom is 0.267 e. The highest BCUT2D eigenvalue weighted by atomic mass is 32.2. The summed E-state index contributed by atoms with van der Waals surface area (Å²) in [6.45, 7) is 1.94. The first-order valence-corrected chi connectivity index (χ1v) is 7.67. The number of Topliss-reactive ketones (excluding diaryl/α,β-unsaturated/α-hetero) is 1. The van der Waals surface area contributed by atoms with Gasteiger partial charge in [0.05, 0.1) is 11.9 Å². The quantitative estimate of drug-likeness (QED) is 0.688. The zero-order chi connectivity index (χ0) is 12.5. The maximum atomic E-state index is 12.0. The molecule has 2 heterocycles. The molecule has 0 spiro atoms. The van der Waals surface area contributed by atoms with E-state index >= 15 is 0 Å². The second-order valence-corrected chi connectivity index (χ2v) is 7.44. The van der Waals surface area contributed by atoms with Crippen molar-refractivity contribution in [2.24, 2.45) is 11.8 Å². The van der Waals surface area contributed by atoms with E-state index in [1.807, 2.05) is 6.92 Å². The lowest BCUT2D eigenvalue weighted by Crippen LogP contribution is -2.64. The van der Waals surface area contributed by atoms with E-state index in [9.17, 15) is 13.2 Å². The van der Waals surface area contributed by atoms with Crippen LogP contribution >= 0.6 is 0 Å². The Morgan fingerprint density at radius 1 is 1.24 bits per heavy atom. The van der Waals surface area contributed by atoms with E-state index in [-0.39, 0.29) is 17.6 Å². The third-order valence-electron chi connectivity index (χ3n) is 4.01. The van der Waals surface area contributed by atoms with E-state index in [2.05, 4.69) is 0 Å². The summed E-state index contributed by atoms with van der Waals surface area (Å²) < 4.78 is 33.6. The number of rotatable bonds is 2. The molecule has 0 N–H and O–H groups in total. The summed E-state index contributed by atoms with van der Waals surface area (Å²) in [6, 6.07) is 0. The second kappa shape index (κ2) is 3.10. The van der Waals surface area contributed by atoms with Gasteiger partial charge in [0.1, 0.15) is 5.78 Å². The molecule has 0 aromatic rings. The summed E-state index contributed by atoms with van der Waals surface area (Å²) in [7, 11) is -3.57. The Balaban J connectivity index is 1.97. The Morgan fingerprint density at radius 2 is 1.76 bits per heavy atom. The number of hydrogen-bond donors (Lipinski definition) is 0. The Bertz CT molecular complexity index is 462. The van der Waals surface area contributed by atoms with Gasteiger partial charge in [-0.05, 0) is 19.8 Å². The Kier molecular flexibility index (Phi) is 2.12. The standard InChI is InChI=1S/C11H16O5S/c1-10-3-7-5-11(15-10,16-17(2,13)14)6-8(4-10)9(7)12/h7-8H,3-6H2,1-2H3/t7-,8+,10?,11?. The number of carbonyl (C=O) groups excluding carboxylic acids is 1. The van der Waals surface area contributed by atoms with Gasteiger partial charge >= 0.3 is 0 Å². The topological polar surface area (TPSA) is 69.7 Å². The summed E-state index contributed by atoms with van der Waals surface area (Å²) in [5.74, 6) is -1.01. The molecule has 2 aliphatic heterocycles. The van der Waals surface area contributed by atoms with Gasteiger partial charge in [-0.1, -0.05) is 0 Å². The third kappa shape index (κ3) is 1.82. The summed E-state index contributed by atoms with van der Waals surface area (Å²) in [5.41, 5.74) is -0.398. The van der Waals surface area contributed by atoms with Crippen LogP contribution in [0.1, 0.15) is 32.6 Å². The number of ether oxygens (including phenoxy) is 1. The van der Waals surface area contributed by atoms with Gasteiger partial charge in [0.15, 0.2) is 5.79 Å². The largest absolute Gasteiger partial charge is 0.342 e. The van der Waals surface area contributed by atoms with Crippen LogP contribution in [0.4, 0.5) is 0 Å². The Morgan fingerprint density at radius 3 is 2.24 bits per heavy atom. The molecule has 2 unspecified atom stereocenters. The fourth-order valence-electron chi connectivity index (χ4n) is 3.82. The van der Waals surface area contributed by atoms with Gasteiger partial charge in [-0.15, -0.1) is 0 Å². The van der Waals surface area contributed by atoms with Crippen LogP contribution in [0.5, 0.6) is 0 Å². The lowest BCUT2D eigenvalue weighted by molar-refractivity contribution is -0.324. The minimum Gasteiger partial charge on any atom is -0.342 e. The lowest BCUT2D eigenvalue weighted by atomic mass is 9.61. The van der Waals surface area contributed by atoms with Crippen molar-refractivity contribution in [3.8, 4) is 0 Å². The molecule has 0 radical (unpaired) electrons. The van der Waals surface area contributed by atoms with Crippen LogP contribution in [-0.4, -0.2) is 31.8 Å². The molecule has 4 rings (SSSR count). The zero-order valence-electron chi connectivity index (χ0n) is 9.93. The Labute approximate surface area is 101 Å². The predicted octanol–water partition coefficient (Wildman–Crippen LogP) is 0.837. The lowest BCUT2D eigenvalue weighted by Gasteiger charge is -2.58. The molecule has 4 atom stereocenters. The maximum absolute atomic E-state index is 12.0. The zero-order valence-corrected chi connectivity index (χ0v) is 10.7. The summed E-state index contributed by atoms with van der Waals surface area (Å²) in [6.07, 6.45) is 3.17. The molecule has 0 aromatic heterocycles. The first kappa shape index (κ1) is 11.6. The molecule has 6 heteroatoms. The highest BCUT2D eigenvalue weighted by molar-refractivity contribution is 7.86. The van der Waals surface area contributed by atoms with Crippen LogP contribution in [0.2, 0.25) is 0 Å². The molecule has 5 nitrogen and oxygen atoms in total. The van der Waals surface area contributed by atoms with Crippen LogP contribution in [0, 0.1) is 11.8 Å². The van der Waals surface area contributed by atoms with Crippen molar-refractivity contribution in [2.45, 2.75) is 44.0 Å². The fraction of sp³-hybridized carbons (Fsp3) is 0.909. The number of carbonyl (C=O) groups is 1. The van der Waals surface area contributed by atoms with Crippen molar-refractivity contribution in [1.82, 2.24) is 0 Å². The monoisotopic (exact) mass is 260 g/mol. The molecule has 2 saturated heterocycles. The van der Waals surface area contributed by atoms with E-state index in [0.29, 0.717) is 25.7 Å². The van der Waals surface area contributed by atoms with Gasteiger partial charge in [0, 0.05) is 24.7 Å². The molecular formula is C11H16O5S. The van der Waals surface area contributed by atoms with Gasteiger partial charge in [-0.2, -0.15) is 8.42 Å². The summed E-state index contributed by atoms with van der Waals surface area (Å²) >= 11 is 0. The Hall–Kier alpha value is -0.460. The van der Waals surface area contributed by atoms with Crippen molar-refractivity contribution in [1.29, 1.82) is 0 Å². The molecule has 0 aromatic carbocycles.